The summed E-state index contributed by atoms with van der Waals surface area (Å²) in [4.78, 5) is 25.9. The number of thiocarbonyl (C=S) groups is 1. The maximum atomic E-state index is 12.8. The number of hydrogen-bond acceptors (Lipinski definition) is 6. The molecule has 3 aromatic carbocycles. The Kier molecular flexibility index (Phi) is 7.07. The molecular formula is C25H20N2O4S2. The summed E-state index contributed by atoms with van der Waals surface area (Å²) in [5, 5.41) is 1.09. The lowest BCUT2D eigenvalue weighted by atomic mass is 10.2. The number of hydrazine groups is 1. The molecule has 33 heavy (non-hydrogen) atoms. The highest BCUT2D eigenvalue weighted by Crippen LogP contribution is 2.33. The summed E-state index contributed by atoms with van der Waals surface area (Å²) in [7, 11) is 1.57. The van der Waals surface area contributed by atoms with Gasteiger partial charge in [0.15, 0.2) is 4.32 Å². The largest absolute Gasteiger partial charge is 0.496 e. The standard InChI is InChI=1S/C25H20N2O4S2/c1-30-21-10-6-5-9-19(21)15-22-24(29)27(25(32)33-22)26-23(28)18-11-13-20(14-12-18)31-16-17-7-3-2-4-8-17/h2-15H,16H2,1H3,(H,26,28)/b22-15-. The highest BCUT2D eigenvalue weighted by molar-refractivity contribution is 8.26. The van der Waals surface area contributed by atoms with Crippen LogP contribution < -0.4 is 14.9 Å². The smallest absolute Gasteiger partial charge is 0.285 e. The average molecular weight is 477 g/mol. The maximum absolute atomic E-state index is 12.8. The number of thioether (sulfide) groups is 1. The summed E-state index contributed by atoms with van der Waals surface area (Å²) >= 11 is 6.42. The molecule has 0 aromatic heterocycles. The number of carbonyl (C=O) groups is 2. The molecule has 8 heteroatoms. The zero-order valence-corrected chi connectivity index (χ0v) is 19.3. The van der Waals surface area contributed by atoms with Crippen molar-refractivity contribution in [2.24, 2.45) is 0 Å². The Morgan fingerprint density at radius 2 is 1.73 bits per heavy atom. The van der Waals surface area contributed by atoms with Crippen molar-refractivity contribution < 1.29 is 19.1 Å². The SMILES string of the molecule is COc1ccccc1/C=C1\SC(=S)N(NC(=O)c2ccc(OCc3ccccc3)cc2)C1=O. The average Bonchev–Trinajstić information content (AvgIpc) is 3.11. The molecule has 2 amide bonds. The summed E-state index contributed by atoms with van der Waals surface area (Å²) in [6.07, 6.45) is 1.70. The third kappa shape index (κ3) is 5.42. The second-order valence-electron chi connectivity index (χ2n) is 7.00. The van der Waals surface area contributed by atoms with E-state index in [4.69, 9.17) is 21.7 Å². The van der Waals surface area contributed by atoms with Crippen molar-refractivity contribution in [1.29, 1.82) is 0 Å². The second kappa shape index (κ2) is 10.3. The van der Waals surface area contributed by atoms with Gasteiger partial charge in [0.05, 0.1) is 12.0 Å². The predicted octanol–water partition coefficient (Wildman–Crippen LogP) is 4.82. The molecule has 6 nitrogen and oxygen atoms in total. The van der Waals surface area contributed by atoms with E-state index < -0.39 is 11.8 Å². The van der Waals surface area contributed by atoms with Gasteiger partial charge in [-0.05, 0) is 54.2 Å². The van der Waals surface area contributed by atoms with Crippen molar-refractivity contribution in [2.45, 2.75) is 6.61 Å². The van der Waals surface area contributed by atoms with Gasteiger partial charge in [-0.25, -0.2) is 0 Å². The van der Waals surface area contributed by atoms with Crippen molar-refractivity contribution in [1.82, 2.24) is 10.4 Å². The first-order valence-corrected chi connectivity index (χ1v) is 11.3. The second-order valence-corrected chi connectivity index (χ2v) is 8.67. The van der Waals surface area contributed by atoms with Gasteiger partial charge < -0.3 is 9.47 Å². The minimum Gasteiger partial charge on any atom is -0.496 e. The van der Waals surface area contributed by atoms with Crippen LogP contribution in [0.4, 0.5) is 0 Å². The van der Waals surface area contributed by atoms with Crippen LogP contribution in [0.25, 0.3) is 6.08 Å². The van der Waals surface area contributed by atoms with E-state index in [2.05, 4.69) is 5.43 Å². The summed E-state index contributed by atoms with van der Waals surface area (Å²) in [5.74, 6) is 0.439. The zero-order valence-electron chi connectivity index (χ0n) is 17.7. The van der Waals surface area contributed by atoms with Crippen LogP contribution in [0, 0.1) is 0 Å². The number of methoxy groups -OCH3 is 1. The van der Waals surface area contributed by atoms with Crippen molar-refractivity contribution in [3.05, 3.63) is 100 Å². The summed E-state index contributed by atoms with van der Waals surface area (Å²) in [6.45, 7) is 0.432. The molecular weight excluding hydrogens is 456 g/mol. The monoisotopic (exact) mass is 476 g/mol. The Hall–Kier alpha value is -3.62. The number of ether oxygens (including phenoxy) is 2. The van der Waals surface area contributed by atoms with E-state index in [1.165, 1.54) is 0 Å². The van der Waals surface area contributed by atoms with Crippen LogP contribution in [0.3, 0.4) is 0 Å². The molecule has 1 aliphatic rings. The molecule has 166 valence electrons. The minimum atomic E-state index is -0.445. The molecule has 0 aliphatic carbocycles. The van der Waals surface area contributed by atoms with E-state index in [1.54, 1.807) is 37.5 Å². The predicted molar refractivity (Wildman–Crippen MR) is 133 cm³/mol. The lowest BCUT2D eigenvalue weighted by Gasteiger charge is -2.16. The molecule has 0 spiro atoms. The van der Waals surface area contributed by atoms with E-state index in [-0.39, 0.29) is 4.32 Å². The number of amides is 2. The molecule has 1 fully saturated rings. The molecule has 1 saturated heterocycles. The van der Waals surface area contributed by atoms with Crippen LogP contribution in [0.15, 0.2) is 83.8 Å². The van der Waals surface area contributed by atoms with Crippen molar-refractivity contribution in [3.8, 4) is 11.5 Å². The molecule has 4 rings (SSSR count). The molecule has 0 atom stereocenters. The summed E-state index contributed by atoms with van der Waals surface area (Å²) in [5.41, 5.74) is 4.76. The fraction of sp³-hybridized carbons (Fsp3) is 0.0800. The zero-order chi connectivity index (χ0) is 23.2. The van der Waals surface area contributed by atoms with Crippen molar-refractivity contribution in [3.63, 3.8) is 0 Å². The number of carbonyl (C=O) groups excluding carboxylic acids is 2. The van der Waals surface area contributed by atoms with Crippen molar-refractivity contribution >= 4 is 46.2 Å². The van der Waals surface area contributed by atoms with E-state index in [0.717, 1.165) is 27.9 Å². The van der Waals surface area contributed by atoms with Gasteiger partial charge in [0.2, 0.25) is 0 Å². The Morgan fingerprint density at radius 1 is 1.03 bits per heavy atom. The molecule has 1 aliphatic heterocycles. The van der Waals surface area contributed by atoms with Crippen LogP contribution in [0.2, 0.25) is 0 Å². The lowest BCUT2D eigenvalue weighted by molar-refractivity contribution is -0.123. The highest BCUT2D eigenvalue weighted by atomic mass is 32.2. The van der Waals surface area contributed by atoms with Gasteiger partial charge in [0, 0.05) is 11.1 Å². The van der Waals surface area contributed by atoms with E-state index in [1.807, 2.05) is 54.6 Å². The van der Waals surface area contributed by atoms with Crippen LogP contribution in [-0.2, 0) is 11.4 Å². The molecule has 0 radical (unpaired) electrons. The molecule has 0 saturated carbocycles. The van der Waals surface area contributed by atoms with Gasteiger partial charge in [-0.3, -0.25) is 15.0 Å². The van der Waals surface area contributed by atoms with Gasteiger partial charge in [-0.1, -0.05) is 60.3 Å². The Balaban J connectivity index is 1.40. The third-order valence-corrected chi connectivity index (χ3v) is 6.10. The van der Waals surface area contributed by atoms with Gasteiger partial charge in [0.1, 0.15) is 18.1 Å². The van der Waals surface area contributed by atoms with Crippen molar-refractivity contribution in [2.75, 3.05) is 7.11 Å². The van der Waals surface area contributed by atoms with Crippen LogP contribution in [0.5, 0.6) is 11.5 Å². The van der Waals surface area contributed by atoms with Gasteiger partial charge in [-0.2, -0.15) is 5.01 Å². The first-order chi connectivity index (χ1) is 16.0. The molecule has 0 unspecified atom stereocenters. The van der Waals surface area contributed by atoms with E-state index >= 15 is 0 Å². The molecule has 3 aromatic rings. The fourth-order valence-corrected chi connectivity index (χ4v) is 4.27. The van der Waals surface area contributed by atoms with E-state index in [0.29, 0.717) is 28.6 Å². The molecule has 0 bridgehead atoms. The van der Waals surface area contributed by atoms with Gasteiger partial charge in [-0.15, -0.1) is 0 Å². The Labute approximate surface area is 201 Å². The maximum Gasteiger partial charge on any atom is 0.285 e. The number of para-hydroxylation sites is 1. The minimum absolute atomic E-state index is 0.248. The van der Waals surface area contributed by atoms with Crippen LogP contribution in [-0.4, -0.2) is 28.3 Å². The first-order valence-electron chi connectivity index (χ1n) is 10.0. The highest BCUT2D eigenvalue weighted by Gasteiger charge is 2.34. The van der Waals surface area contributed by atoms with Gasteiger partial charge in [0.25, 0.3) is 11.8 Å². The normalized spacial score (nSPS) is 14.5. The topological polar surface area (TPSA) is 67.9 Å². The summed E-state index contributed by atoms with van der Waals surface area (Å²) in [6, 6.07) is 23.8. The number of rotatable bonds is 7. The number of benzene rings is 3. The van der Waals surface area contributed by atoms with Crippen LogP contribution in [0.1, 0.15) is 21.5 Å². The number of nitrogens with one attached hydrogen (secondary N) is 1. The fourth-order valence-electron chi connectivity index (χ4n) is 3.10. The Bertz CT molecular complexity index is 1210. The lowest BCUT2D eigenvalue weighted by Crippen LogP contribution is -2.44. The first kappa shape index (κ1) is 22.6. The number of hydrogen-bond donors (Lipinski definition) is 1. The summed E-state index contributed by atoms with van der Waals surface area (Å²) < 4.78 is 11.3. The quantitative estimate of drug-likeness (QED) is 0.390. The number of nitrogens with zero attached hydrogens (tertiary/aromatic N) is 1. The molecule has 1 N–H and O–H groups in total. The van der Waals surface area contributed by atoms with Gasteiger partial charge >= 0.3 is 0 Å². The van der Waals surface area contributed by atoms with E-state index in [9.17, 15) is 9.59 Å². The van der Waals surface area contributed by atoms with Crippen LogP contribution >= 0.6 is 24.0 Å². The Morgan fingerprint density at radius 3 is 2.45 bits per heavy atom. The molecule has 1 heterocycles. The third-order valence-electron chi connectivity index (χ3n) is 4.80.